The highest BCUT2D eigenvalue weighted by Gasteiger charge is 2.67. The van der Waals surface area contributed by atoms with Crippen molar-refractivity contribution in [3.05, 3.63) is 113 Å². The van der Waals surface area contributed by atoms with E-state index in [2.05, 4.69) is 31.5 Å². The zero-order valence-corrected chi connectivity index (χ0v) is 33.6. The maximum Gasteiger partial charge on any atom is 0.356 e. The number of hydrogen-bond donors (Lipinski definition) is 4. The minimum absolute atomic E-state index is 0.0211. The van der Waals surface area contributed by atoms with Crippen molar-refractivity contribution in [2.75, 3.05) is 31.7 Å². The molecule has 2 fully saturated rings. The van der Waals surface area contributed by atoms with Crippen molar-refractivity contribution in [2.24, 2.45) is 7.05 Å². The van der Waals surface area contributed by atoms with Crippen molar-refractivity contribution in [3.8, 4) is 5.75 Å². The number of aromatic hydroxyl groups is 1. The van der Waals surface area contributed by atoms with E-state index in [1.165, 1.54) is 64.5 Å². The minimum Gasteiger partial charge on any atom is -0.508 e. The molecular formula is C39H39N9O9S2. The fourth-order valence-corrected chi connectivity index (χ4v) is 9.42. The molecule has 0 saturated carbocycles. The van der Waals surface area contributed by atoms with E-state index < -0.39 is 64.8 Å². The summed E-state index contributed by atoms with van der Waals surface area (Å²) in [5.41, 5.74) is 0.150. The number of phenolic OH excluding ortho intramolecular Hbond substituents is 1. The van der Waals surface area contributed by atoms with Crippen molar-refractivity contribution >= 4 is 59.0 Å². The number of nitrogens with zero attached hydrogens (tertiary/aromatic N) is 6. The van der Waals surface area contributed by atoms with Gasteiger partial charge in [-0.2, -0.15) is 0 Å². The van der Waals surface area contributed by atoms with Crippen LogP contribution in [0.3, 0.4) is 0 Å². The van der Waals surface area contributed by atoms with Gasteiger partial charge in [-0.3, -0.25) is 28.9 Å². The molecule has 4 N–H and O–H groups in total. The van der Waals surface area contributed by atoms with Crippen LogP contribution in [0.2, 0.25) is 0 Å². The van der Waals surface area contributed by atoms with Gasteiger partial charge in [0.25, 0.3) is 11.6 Å². The number of methoxy groups -OCH3 is 1. The van der Waals surface area contributed by atoms with Crippen LogP contribution in [0.15, 0.2) is 101 Å². The molecule has 3 aromatic carbocycles. The van der Waals surface area contributed by atoms with Gasteiger partial charge in [0.05, 0.1) is 0 Å². The van der Waals surface area contributed by atoms with Crippen molar-refractivity contribution in [3.63, 3.8) is 0 Å². The van der Waals surface area contributed by atoms with E-state index in [9.17, 15) is 33.9 Å². The molecule has 1 aromatic heterocycles. The van der Waals surface area contributed by atoms with Gasteiger partial charge in [0.1, 0.15) is 28.9 Å². The molecule has 4 aromatic rings. The number of amides is 5. The molecule has 1 unspecified atom stereocenters. The third-order valence-corrected chi connectivity index (χ3v) is 12.5. The van der Waals surface area contributed by atoms with Gasteiger partial charge in [-0.25, -0.2) is 9.48 Å². The fourth-order valence-electron chi connectivity index (χ4n) is 6.99. The van der Waals surface area contributed by atoms with E-state index >= 15 is 0 Å². The highest BCUT2D eigenvalue weighted by atomic mass is 32.2. The number of piperazine rings is 1. The van der Waals surface area contributed by atoms with Crippen LogP contribution in [-0.2, 0) is 45.3 Å². The lowest BCUT2D eigenvalue weighted by Gasteiger charge is -2.56. The van der Waals surface area contributed by atoms with Crippen molar-refractivity contribution in [2.45, 2.75) is 41.4 Å². The molecule has 0 radical (unpaired) electrons. The van der Waals surface area contributed by atoms with Gasteiger partial charge in [0.2, 0.25) is 17.0 Å². The second-order valence-electron chi connectivity index (χ2n) is 13.6. The average Bonchev–Trinajstić information content (AvgIpc) is 3.68. The molecular weight excluding hydrogens is 803 g/mol. The molecule has 3 aliphatic heterocycles. The number of carbonyl (C=O) groups excluding carboxylic acids is 6. The standard InChI is InChI=1S/C39H39N9O9S2/c1-4-47-27(19-40-33(52)34(47)53)31(50)41-28(22-15-17-26(49)18-16-22)32(51)42-39(56-3)36(55)48-29(25(20-58-37(39)48)21-59-38-43-44-45-46(38)2)35(54)57-30(23-11-7-5-8-12-23)24-13-9-6-10-14-24/h5-18,27-28,30,37,49H,4,19-21H2,1-3H3,(H,40,52)(H,41,50)(H,42,51)/t27?,28-,37-,39-/m0/s1. The Morgan fingerprint density at radius 2 is 1.66 bits per heavy atom. The number of phenols is 1. The van der Waals surface area contributed by atoms with E-state index in [-0.39, 0.29) is 41.6 Å². The maximum absolute atomic E-state index is 14.6. The lowest BCUT2D eigenvalue weighted by atomic mass is 9.96. The Labute approximate surface area is 346 Å². The number of likely N-dealkylation sites (N-methyl/N-ethyl adjacent to an activating group) is 1. The summed E-state index contributed by atoms with van der Waals surface area (Å²) in [4.78, 5) is 84.2. The first kappa shape index (κ1) is 40.9. The first-order valence-corrected chi connectivity index (χ1v) is 20.4. The highest BCUT2D eigenvalue weighted by Crippen LogP contribution is 2.48. The van der Waals surface area contributed by atoms with Crippen LogP contribution >= 0.6 is 23.5 Å². The predicted octanol–water partition coefficient (Wildman–Crippen LogP) is 1.17. The zero-order valence-electron chi connectivity index (χ0n) is 31.9. The number of fused-ring (bicyclic) bond motifs is 1. The molecule has 4 atom stereocenters. The van der Waals surface area contributed by atoms with Crippen molar-refractivity contribution in [1.82, 2.24) is 46.0 Å². The number of aromatic nitrogens is 4. The highest BCUT2D eigenvalue weighted by molar-refractivity contribution is 8.01. The molecule has 2 saturated heterocycles. The topological polar surface area (TPSA) is 227 Å². The number of aryl methyl sites for hydroxylation is 1. The fraction of sp³-hybridized carbons (Fsp3) is 0.308. The summed E-state index contributed by atoms with van der Waals surface area (Å²) in [5.74, 6) is -4.62. The van der Waals surface area contributed by atoms with Gasteiger partial charge in [-0.1, -0.05) is 84.6 Å². The number of esters is 1. The molecule has 3 aliphatic rings. The van der Waals surface area contributed by atoms with E-state index in [4.69, 9.17) is 9.47 Å². The SMILES string of the molecule is CCN1C(=O)C(=O)NCC1C(=O)N[C@H](C(=O)N[C@]1(OC)C(=O)N2C(C(=O)OC(c3ccccc3)c3ccccc3)=C(CSc3nnnn3C)CS[C@H]21)c1ccc(O)cc1. The largest absolute Gasteiger partial charge is 0.508 e. The Bertz CT molecular complexity index is 2260. The molecule has 306 valence electrons. The normalized spacial score (nSPS) is 20.7. The van der Waals surface area contributed by atoms with Gasteiger partial charge in [0.15, 0.2) is 6.10 Å². The maximum atomic E-state index is 14.6. The number of ether oxygens (including phenoxy) is 2. The zero-order chi connectivity index (χ0) is 41.8. The van der Waals surface area contributed by atoms with Gasteiger partial charge in [-0.15, -0.1) is 16.9 Å². The first-order chi connectivity index (χ1) is 28.5. The Balaban J connectivity index is 1.19. The van der Waals surface area contributed by atoms with Gasteiger partial charge < -0.3 is 35.4 Å². The quantitative estimate of drug-likeness (QED) is 0.0460. The van der Waals surface area contributed by atoms with Gasteiger partial charge in [-0.05, 0) is 51.7 Å². The molecule has 0 bridgehead atoms. The van der Waals surface area contributed by atoms with Crippen LogP contribution < -0.4 is 16.0 Å². The van der Waals surface area contributed by atoms with Crippen LogP contribution in [-0.4, -0.2) is 119 Å². The molecule has 0 spiro atoms. The second kappa shape index (κ2) is 17.3. The van der Waals surface area contributed by atoms with Crippen LogP contribution in [0.5, 0.6) is 5.75 Å². The van der Waals surface area contributed by atoms with Crippen molar-refractivity contribution < 1.29 is 43.3 Å². The average molecular weight is 842 g/mol. The Hall–Kier alpha value is -6.25. The van der Waals surface area contributed by atoms with Crippen molar-refractivity contribution in [1.29, 1.82) is 0 Å². The number of thioether (sulfide) groups is 2. The molecule has 59 heavy (non-hydrogen) atoms. The molecule has 18 nitrogen and oxygen atoms in total. The summed E-state index contributed by atoms with van der Waals surface area (Å²) in [6.45, 7) is 1.46. The molecule has 5 amide bonds. The number of benzene rings is 3. The summed E-state index contributed by atoms with van der Waals surface area (Å²) in [7, 11) is 2.92. The van der Waals surface area contributed by atoms with Crippen LogP contribution in [0.4, 0.5) is 0 Å². The Morgan fingerprint density at radius 3 is 2.25 bits per heavy atom. The molecule has 7 rings (SSSR count). The number of β-lactam (4-membered cyclic amide) rings is 1. The smallest absolute Gasteiger partial charge is 0.356 e. The van der Waals surface area contributed by atoms with E-state index in [0.29, 0.717) is 21.9 Å². The summed E-state index contributed by atoms with van der Waals surface area (Å²) in [5, 5.41) is 28.9. The summed E-state index contributed by atoms with van der Waals surface area (Å²) in [6.07, 6.45) is -0.836. The Morgan fingerprint density at radius 1 is 1.00 bits per heavy atom. The third-order valence-electron chi connectivity index (χ3n) is 10.0. The molecule has 4 heterocycles. The number of hydrogen-bond acceptors (Lipinski definition) is 14. The lowest BCUT2D eigenvalue weighted by molar-refractivity contribution is -0.193. The van der Waals surface area contributed by atoms with Crippen LogP contribution in [0, 0.1) is 0 Å². The number of nitrogens with one attached hydrogen (secondary N) is 3. The molecule has 0 aliphatic carbocycles. The second-order valence-corrected chi connectivity index (χ2v) is 15.6. The third kappa shape index (κ3) is 7.97. The van der Waals surface area contributed by atoms with Crippen LogP contribution in [0.1, 0.15) is 35.8 Å². The van der Waals surface area contributed by atoms with Crippen LogP contribution in [0.25, 0.3) is 0 Å². The van der Waals surface area contributed by atoms with E-state index in [1.807, 2.05) is 60.7 Å². The summed E-state index contributed by atoms with van der Waals surface area (Å²) < 4.78 is 13.6. The first-order valence-electron chi connectivity index (χ1n) is 18.4. The molecule has 20 heteroatoms. The van der Waals surface area contributed by atoms with E-state index in [0.717, 1.165) is 4.90 Å². The minimum atomic E-state index is -2.01. The van der Waals surface area contributed by atoms with E-state index in [1.54, 1.807) is 14.0 Å². The summed E-state index contributed by atoms with van der Waals surface area (Å²) in [6, 6.07) is 21.2. The lowest BCUT2D eigenvalue weighted by Crippen LogP contribution is -2.81. The predicted molar refractivity (Wildman–Crippen MR) is 212 cm³/mol. The number of carbonyl (C=O) groups is 6. The summed E-state index contributed by atoms with van der Waals surface area (Å²) >= 11 is 2.51. The Kier molecular flexibility index (Phi) is 12.0. The number of rotatable bonds is 14. The monoisotopic (exact) mass is 841 g/mol. The van der Waals surface area contributed by atoms with Gasteiger partial charge in [0, 0.05) is 38.8 Å². The van der Waals surface area contributed by atoms with Gasteiger partial charge >= 0.3 is 17.8 Å². The number of tetrazole rings is 1.